The lowest BCUT2D eigenvalue weighted by atomic mass is 10.3. The summed E-state index contributed by atoms with van der Waals surface area (Å²) in [6, 6.07) is 0. The van der Waals surface area contributed by atoms with Crippen molar-refractivity contribution >= 4 is 0 Å². The van der Waals surface area contributed by atoms with E-state index in [4.69, 9.17) is 9.84 Å². The predicted molar refractivity (Wildman–Crippen MR) is 37.1 cm³/mol. The van der Waals surface area contributed by atoms with Crippen LogP contribution < -0.4 is 0 Å². The Hall–Kier alpha value is -0.0800. The summed E-state index contributed by atoms with van der Waals surface area (Å²) in [5.41, 5.74) is 0. The molecule has 2 heteroatoms. The molecule has 0 aliphatic carbocycles. The standard InChI is InChI=1S/C7H15O2/c1-2-6-9-7-4-3-5-8/h8H,1-7H2. The minimum atomic E-state index is 0.272. The van der Waals surface area contributed by atoms with E-state index >= 15 is 0 Å². The predicted octanol–water partition coefficient (Wildman–Crippen LogP) is 1.000. The molecule has 0 aliphatic heterocycles. The fraction of sp³-hybridized carbons (Fsp3) is 0.857. The molecule has 55 valence electrons. The van der Waals surface area contributed by atoms with Gasteiger partial charge in [-0.15, -0.1) is 0 Å². The van der Waals surface area contributed by atoms with Gasteiger partial charge in [-0.05, 0) is 19.3 Å². The SMILES string of the molecule is [CH2]CCOCCCCO. The summed E-state index contributed by atoms with van der Waals surface area (Å²) >= 11 is 0. The van der Waals surface area contributed by atoms with Crippen molar-refractivity contribution in [2.45, 2.75) is 19.3 Å². The molecule has 0 amide bonds. The molecular formula is C7H15O2. The van der Waals surface area contributed by atoms with Crippen molar-refractivity contribution in [1.82, 2.24) is 0 Å². The maximum atomic E-state index is 8.35. The third kappa shape index (κ3) is 7.92. The molecule has 0 heterocycles. The van der Waals surface area contributed by atoms with Crippen LogP contribution in [-0.2, 0) is 4.74 Å². The molecule has 0 aromatic rings. The lowest BCUT2D eigenvalue weighted by molar-refractivity contribution is 0.129. The Labute approximate surface area is 56.8 Å². The van der Waals surface area contributed by atoms with Gasteiger partial charge >= 0.3 is 0 Å². The molecule has 0 unspecified atom stereocenters. The van der Waals surface area contributed by atoms with Gasteiger partial charge in [0.25, 0.3) is 0 Å². The van der Waals surface area contributed by atoms with Crippen molar-refractivity contribution in [3.8, 4) is 0 Å². The van der Waals surface area contributed by atoms with Crippen LogP contribution >= 0.6 is 0 Å². The van der Waals surface area contributed by atoms with Gasteiger partial charge in [-0.2, -0.15) is 0 Å². The Morgan fingerprint density at radius 2 is 2.00 bits per heavy atom. The van der Waals surface area contributed by atoms with Crippen LogP contribution in [0, 0.1) is 6.92 Å². The zero-order valence-electron chi connectivity index (χ0n) is 5.81. The zero-order chi connectivity index (χ0) is 6.95. The van der Waals surface area contributed by atoms with Crippen molar-refractivity contribution in [2.24, 2.45) is 0 Å². The highest BCUT2D eigenvalue weighted by Crippen LogP contribution is 1.88. The quantitative estimate of drug-likeness (QED) is 0.545. The Balaban J connectivity index is 2.60. The summed E-state index contributed by atoms with van der Waals surface area (Å²) in [5.74, 6) is 0. The average molecular weight is 131 g/mol. The smallest absolute Gasteiger partial charge is 0.0466 e. The van der Waals surface area contributed by atoms with Crippen molar-refractivity contribution in [3.63, 3.8) is 0 Å². The monoisotopic (exact) mass is 131 g/mol. The van der Waals surface area contributed by atoms with Gasteiger partial charge in [0.15, 0.2) is 0 Å². The maximum absolute atomic E-state index is 8.35. The average Bonchev–Trinajstić information content (AvgIpc) is 1.89. The first-order chi connectivity index (χ1) is 4.41. The molecule has 0 aliphatic rings. The fourth-order valence-electron chi connectivity index (χ4n) is 0.520. The molecule has 1 radical (unpaired) electrons. The molecule has 0 fully saturated rings. The van der Waals surface area contributed by atoms with Crippen LogP contribution in [0.1, 0.15) is 19.3 Å². The summed E-state index contributed by atoms with van der Waals surface area (Å²) < 4.78 is 5.11. The van der Waals surface area contributed by atoms with E-state index in [2.05, 4.69) is 6.92 Å². The second-order valence-electron chi connectivity index (χ2n) is 1.90. The largest absolute Gasteiger partial charge is 0.396 e. The number of unbranched alkanes of at least 4 members (excludes halogenated alkanes) is 1. The minimum Gasteiger partial charge on any atom is -0.396 e. The first-order valence-corrected chi connectivity index (χ1v) is 3.39. The highest BCUT2D eigenvalue weighted by Gasteiger charge is 1.85. The molecule has 0 spiro atoms. The fourth-order valence-corrected chi connectivity index (χ4v) is 0.520. The van der Waals surface area contributed by atoms with Crippen molar-refractivity contribution in [1.29, 1.82) is 0 Å². The molecule has 2 nitrogen and oxygen atoms in total. The lowest BCUT2D eigenvalue weighted by Crippen LogP contribution is -1.96. The number of hydrogen-bond acceptors (Lipinski definition) is 2. The van der Waals surface area contributed by atoms with E-state index in [1.54, 1.807) is 0 Å². The van der Waals surface area contributed by atoms with Gasteiger partial charge in [-0.25, -0.2) is 0 Å². The van der Waals surface area contributed by atoms with Crippen LogP contribution in [-0.4, -0.2) is 24.9 Å². The van der Waals surface area contributed by atoms with E-state index in [1.807, 2.05) is 0 Å². The molecule has 9 heavy (non-hydrogen) atoms. The van der Waals surface area contributed by atoms with E-state index in [0.29, 0.717) is 0 Å². The molecule has 0 rings (SSSR count). The molecule has 0 aromatic heterocycles. The maximum Gasteiger partial charge on any atom is 0.0466 e. The third-order valence-electron chi connectivity index (χ3n) is 0.985. The van der Waals surface area contributed by atoms with Gasteiger partial charge in [0.05, 0.1) is 0 Å². The highest BCUT2D eigenvalue weighted by atomic mass is 16.5. The van der Waals surface area contributed by atoms with E-state index in [1.165, 1.54) is 0 Å². The van der Waals surface area contributed by atoms with Crippen LogP contribution in [0.25, 0.3) is 0 Å². The van der Waals surface area contributed by atoms with E-state index in [-0.39, 0.29) is 6.61 Å². The van der Waals surface area contributed by atoms with E-state index in [0.717, 1.165) is 32.5 Å². The van der Waals surface area contributed by atoms with E-state index < -0.39 is 0 Å². The molecule has 0 atom stereocenters. The molecular weight excluding hydrogens is 116 g/mol. The summed E-state index contributed by atoms with van der Waals surface area (Å²) in [5, 5.41) is 8.35. The van der Waals surface area contributed by atoms with Gasteiger partial charge in [-0.1, -0.05) is 6.92 Å². The van der Waals surface area contributed by atoms with Gasteiger partial charge in [0.1, 0.15) is 0 Å². The zero-order valence-corrected chi connectivity index (χ0v) is 5.81. The van der Waals surface area contributed by atoms with Crippen LogP contribution in [0.2, 0.25) is 0 Å². The van der Waals surface area contributed by atoms with Crippen molar-refractivity contribution < 1.29 is 9.84 Å². The molecule has 0 saturated heterocycles. The molecule has 0 bridgehead atoms. The Bertz CT molecular complexity index is 40.2. The Kier molecular flexibility index (Phi) is 7.85. The number of aliphatic hydroxyl groups is 1. The minimum absolute atomic E-state index is 0.272. The third-order valence-corrected chi connectivity index (χ3v) is 0.985. The van der Waals surface area contributed by atoms with E-state index in [9.17, 15) is 0 Å². The first kappa shape index (κ1) is 8.92. The van der Waals surface area contributed by atoms with Gasteiger partial charge in [-0.3, -0.25) is 0 Å². The van der Waals surface area contributed by atoms with Gasteiger partial charge in [0, 0.05) is 19.8 Å². The van der Waals surface area contributed by atoms with Gasteiger partial charge in [0.2, 0.25) is 0 Å². The van der Waals surface area contributed by atoms with Gasteiger partial charge < -0.3 is 9.84 Å². The summed E-state index contributed by atoms with van der Waals surface area (Å²) in [7, 11) is 0. The second-order valence-corrected chi connectivity index (χ2v) is 1.90. The molecule has 1 N–H and O–H groups in total. The number of rotatable bonds is 6. The first-order valence-electron chi connectivity index (χ1n) is 3.39. The van der Waals surface area contributed by atoms with Crippen LogP contribution in [0.15, 0.2) is 0 Å². The normalized spacial score (nSPS) is 10.0. The topological polar surface area (TPSA) is 29.5 Å². The van der Waals surface area contributed by atoms with Crippen LogP contribution in [0.5, 0.6) is 0 Å². The molecule has 0 aromatic carbocycles. The number of ether oxygens (including phenoxy) is 1. The van der Waals surface area contributed by atoms with Crippen LogP contribution in [0.3, 0.4) is 0 Å². The number of hydrogen-bond donors (Lipinski definition) is 1. The van der Waals surface area contributed by atoms with Crippen LogP contribution in [0.4, 0.5) is 0 Å². The lowest BCUT2D eigenvalue weighted by Gasteiger charge is -1.99. The summed E-state index contributed by atoms with van der Waals surface area (Å²) in [4.78, 5) is 0. The summed E-state index contributed by atoms with van der Waals surface area (Å²) in [6.07, 6.45) is 2.63. The summed E-state index contributed by atoms with van der Waals surface area (Å²) in [6.45, 7) is 5.40. The highest BCUT2D eigenvalue weighted by molar-refractivity contribution is 4.38. The second kappa shape index (κ2) is 7.92. The Morgan fingerprint density at radius 1 is 1.22 bits per heavy atom. The van der Waals surface area contributed by atoms with Crippen molar-refractivity contribution in [3.05, 3.63) is 6.92 Å². The number of aliphatic hydroxyl groups excluding tert-OH is 1. The molecule has 0 saturated carbocycles. The van der Waals surface area contributed by atoms with Crippen molar-refractivity contribution in [2.75, 3.05) is 19.8 Å². The Morgan fingerprint density at radius 3 is 2.56 bits per heavy atom.